The van der Waals surface area contributed by atoms with Gasteiger partial charge in [-0.3, -0.25) is 9.69 Å². The first-order valence-corrected chi connectivity index (χ1v) is 17.1. The van der Waals surface area contributed by atoms with Crippen LogP contribution < -0.4 is 21.1 Å². The van der Waals surface area contributed by atoms with Crippen LogP contribution in [0.4, 0.5) is 14.9 Å². The molecule has 1 atom stereocenters. The molecule has 4 rings (SSSR count). The molecular weight excluding hydrogens is 621 g/mol. The van der Waals surface area contributed by atoms with Crippen molar-refractivity contribution in [1.82, 2.24) is 15.2 Å². The van der Waals surface area contributed by atoms with E-state index in [9.17, 15) is 22.4 Å². The van der Waals surface area contributed by atoms with E-state index in [1.807, 2.05) is 6.07 Å². The van der Waals surface area contributed by atoms with Crippen molar-refractivity contribution in [3.8, 4) is 11.6 Å². The minimum atomic E-state index is -3.30. The Hall–Kier alpha value is -3.74. The van der Waals surface area contributed by atoms with Crippen molar-refractivity contribution < 1.29 is 27.1 Å². The summed E-state index contributed by atoms with van der Waals surface area (Å²) >= 11 is 6.10. The Labute approximate surface area is 268 Å². The minimum Gasteiger partial charge on any atom is -0.439 e. The number of nitrogens with one attached hydrogen (secondary N) is 2. The van der Waals surface area contributed by atoms with Gasteiger partial charge in [0, 0.05) is 31.1 Å². The standard InChI is InChI=1S/C32H39ClFN5O5S/c1-4-5-6-27(37-32(41)38-28-16-24(31(35)40)26(34)17-25(28)33)22-11-13-39(14-12-22)19-21-7-10-30(36-18-21)44-29-9-8-23(15-20(29)2)45(3,42)43/h7-10,15-18,22,27H,4-6,11-14,19H2,1-3H3,(H2,35,40)(H2,37,38,41). The molecule has 1 aliphatic rings. The van der Waals surface area contributed by atoms with Gasteiger partial charge in [-0.25, -0.2) is 22.6 Å². The molecule has 45 heavy (non-hydrogen) atoms. The number of aryl methyl sites for hydroxylation is 1. The third-order valence-corrected chi connectivity index (χ3v) is 9.37. The van der Waals surface area contributed by atoms with Gasteiger partial charge in [0.2, 0.25) is 5.88 Å². The lowest BCUT2D eigenvalue weighted by atomic mass is 9.86. The number of ether oxygens (including phenoxy) is 1. The van der Waals surface area contributed by atoms with Crippen molar-refractivity contribution in [2.24, 2.45) is 11.7 Å². The Morgan fingerprint density at radius 1 is 1.18 bits per heavy atom. The second kappa shape index (κ2) is 15.0. The highest BCUT2D eigenvalue weighted by Crippen LogP contribution is 2.29. The van der Waals surface area contributed by atoms with Gasteiger partial charge in [-0.1, -0.05) is 37.4 Å². The molecule has 13 heteroatoms. The lowest BCUT2D eigenvalue weighted by Crippen LogP contribution is -2.46. The zero-order valence-electron chi connectivity index (χ0n) is 25.6. The van der Waals surface area contributed by atoms with E-state index in [-0.39, 0.29) is 33.1 Å². The zero-order valence-corrected chi connectivity index (χ0v) is 27.2. The largest absolute Gasteiger partial charge is 0.439 e. The van der Waals surface area contributed by atoms with Gasteiger partial charge in [-0.15, -0.1) is 0 Å². The van der Waals surface area contributed by atoms with Crippen molar-refractivity contribution in [2.75, 3.05) is 24.7 Å². The first-order chi connectivity index (χ1) is 21.3. The fraction of sp³-hybridized carbons (Fsp3) is 0.406. The summed E-state index contributed by atoms with van der Waals surface area (Å²) < 4.78 is 43.5. The molecule has 1 unspecified atom stereocenters. The first-order valence-electron chi connectivity index (χ1n) is 14.9. The number of pyridine rings is 1. The smallest absolute Gasteiger partial charge is 0.319 e. The second-order valence-corrected chi connectivity index (χ2v) is 13.9. The van der Waals surface area contributed by atoms with Crippen LogP contribution in [0, 0.1) is 18.7 Å². The van der Waals surface area contributed by atoms with Crippen LogP contribution in [0.15, 0.2) is 53.6 Å². The number of primary amides is 1. The fourth-order valence-electron chi connectivity index (χ4n) is 5.43. The Morgan fingerprint density at radius 3 is 2.51 bits per heavy atom. The Morgan fingerprint density at radius 2 is 1.91 bits per heavy atom. The predicted octanol–water partition coefficient (Wildman–Crippen LogP) is 6.07. The van der Waals surface area contributed by atoms with E-state index < -0.39 is 27.6 Å². The molecule has 0 aliphatic carbocycles. The number of carbonyl (C=O) groups excluding carboxylic acids is 2. The number of anilines is 1. The molecule has 4 N–H and O–H groups in total. The van der Waals surface area contributed by atoms with Crippen molar-refractivity contribution in [3.05, 3.63) is 76.2 Å². The van der Waals surface area contributed by atoms with Crippen LogP contribution in [-0.4, -0.2) is 55.6 Å². The van der Waals surface area contributed by atoms with E-state index in [0.717, 1.165) is 69.4 Å². The van der Waals surface area contributed by atoms with E-state index in [4.69, 9.17) is 22.1 Å². The highest BCUT2D eigenvalue weighted by Gasteiger charge is 2.28. The number of benzene rings is 2. The van der Waals surface area contributed by atoms with Crippen molar-refractivity contribution in [1.29, 1.82) is 0 Å². The van der Waals surface area contributed by atoms with Crippen molar-refractivity contribution >= 4 is 39.1 Å². The first kappa shape index (κ1) is 34.1. The van der Waals surface area contributed by atoms with Gasteiger partial charge in [0.05, 0.1) is 21.2 Å². The number of nitrogens with two attached hydrogens (primary N) is 1. The maximum atomic E-state index is 14.0. The number of halogens is 2. The summed E-state index contributed by atoms with van der Waals surface area (Å²) in [6.45, 7) is 6.32. The van der Waals surface area contributed by atoms with E-state index in [1.165, 1.54) is 12.3 Å². The maximum absolute atomic E-state index is 14.0. The van der Waals surface area contributed by atoms with Gasteiger partial charge >= 0.3 is 6.03 Å². The Kier molecular flexibility index (Phi) is 11.4. The minimum absolute atomic E-state index is 0.0291. The quantitative estimate of drug-likeness (QED) is 0.214. The monoisotopic (exact) mass is 659 g/mol. The molecular formula is C32H39ClFN5O5S. The number of unbranched alkanes of at least 4 members (excludes halogenated alkanes) is 1. The number of aromatic nitrogens is 1. The predicted molar refractivity (Wildman–Crippen MR) is 172 cm³/mol. The molecule has 242 valence electrons. The molecule has 1 aromatic heterocycles. The number of hydrogen-bond donors (Lipinski definition) is 3. The van der Waals surface area contributed by atoms with Crippen LogP contribution >= 0.6 is 11.6 Å². The van der Waals surface area contributed by atoms with Crippen molar-refractivity contribution in [3.63, 3.8) is 0 Å². The molecule has 10 nitrogen and oxygen atoms in total. The third-order valence-electron chi connectivity index (χ3n) is 7.95. The lowest BCUT2D eigenvalue weighted by Gasteiger charge is -2.36. The van der Waals surface area contributed by atoms with Gasteiger partial charge < -0.3 is 21.1 Å². The SMILES string of the molecule is CCCCC(NC(=O)Nc1cc(C(N)=O)c(F)cc1Cl)C1CCN(Cc2ccc(Oc3ccc(S(C)(=O)=O)cc3C)nc2)CC1. The van der Waals surface area contributed by atoms with E-state index in [2.05, 4.69) is 27.4 Å². The fourth-order valence-corrected chi connectivity index (χ4v) is 6.33. The number of nitrogens with zero attached hydrogens (tertiary/aromatic N) is 2. The summed E-state index contributed by atoms with van der Waals surface area (Å²) in [5.41, 5.74) is 6.73. The molecule has 0 spiro atoms. The molecule has 1 saturated heterocycles. The Balaban J connectivity index is 1.31. The second-order valence-electron chi connectivity index (χ2n) is 11.4. The summed E-state index contributed by atoms with van der Waals surface area (Å²) in [6.07, 6.45) is 7.51. The molecule has 1 fully saturated rings. The summed E-state index contributed by atoms with van der Waals surface area (Å²) in [4.78, 5) is 31.5. The van der Waals surface area contributed by atoms with Gasteiger partial charge in [-0.05, 0) is 86.7 Å². The topological polar surface area (TPSA) is 144 Å². The number of urea groups is 1. The van der Waals surface area contributed by atoms with E-state index >= 15 is 0 Å². The zero-order chi connectivity index (χ0) is 32.7. The summed E-state index contributed by atoms with van der Waals surface area (Å²) in [7, 11) is -3.30. The summed E-state index contributed by atoms with van der Waals surface area (Å²) in [5, 5.41) is 5.69. The van der Waals surface area contributed by atoms with Crippen LogP contribution in [0.1, 0.15) is 60.5 Å². The number of hydrogen-bond acceptors (Lipinski definition) is 7. The molecule has 0 saturated carbocycles. The summed E-state index contributed by atoms with van der Waals surface area (Å²) in [6, 6.07) is 10.1. The maximum Gasteiger partial charge on any atom is 0.319 e. The third kappa shape index (κ3) is 9.38. The van der Waals surface area contributed by atoms with Crippen LogP contribution in [-0.2, 0) is 16.4 Å². The number of rotatable bonds is 12. The van der Waals surface area contributed by atoms with Gasteiger partial charge in [0.1, 0.15) is 11.6 Å². The van der Waals surface area contributed by atoms with E-state index in [1.54, 1.807) is 31.3 Å². The number of piperidine rings is 1. The normalized spacial score (nSPS) is 15.0. The van der Waals surface area contributed by atoms with E-state index in [0.29, 0.717) is 17.2 Å². The van der Waals surface area contributed by atoms with Gasteiger partial charge in [0.15, 0.2) is 9.84 Å². The number of carbonyl (C=O) groups is 2. The highest BCUT2D eigenvalue weighted by molar-refractivity contribution is 7.90. The van der Waals surface area contributed by atoms with Gasteiger partial charge in [-0.2, -0.15) is 0 Å². The number of sulfone groups is 1. The molecule has 3 aromatic rings. The van der Waals surface area contributed by atoms with Crippen LogP contribution in [0.25, 0.3) is 0 Å². The molecule has 3 amide bonds. The van der Waals surface area contributed by atoms with Crippen LogP contribution in [0.2, 0.25) is 5.02 Å². The van der Waals surface area contributed by atoms with Crippen LogP contribution in [0.5, 0.6) is 11.6 Å². The summed E-state index contributed by atoms with van der Waals surface area (Å²) in [5.74, 6) is -0.562. The number of amides is 3. The average molecular weight is 660 g/mol. The number of likely N-dealkylation sites (tertiary alicyclic amines) is 1. The molecule has 0 radical (unpaired) electrons. The molecule has 0 bridgehead atoms. The van der Waals surface area contributed by atoms with Crippen molar-refractivity contribution in [2.45, 2.75) is 63.4 Å². The van der Waals surface area contributed by atoms with Gasteiger partial charge in [0.25, 0.3) is 5.91 Å². The molecule has 2 heterocycles. The lowest BCUT2D eigenvalue weighted by molar-refractivity contribution is 0.0996. The molecule has 2 aromatic carbocycles. The highest BCUT2D eigenvalue weighted by atomic mass is 35.5. The molecule has 1 aliphatic heterocycles. The Bertz CT molecular complexity index is 1630. The van der Waals surface area contributed by atoms with Crippen LogP contribution in [0.3, 0.4) is 0 Å². The average Bonchev–Trinajstić information content (AvgIpc) is 2.98.